The molecule has 0 radical (unpaired) electrons. The molecule has 5 nitrogen and oxygen atoms in total. The molecule has 1 aliphatic carbocycles. The SMILES string of the molecule is O=C1c2ccccc2-c2nn3cc(-c4ccccc4)n4c5ccccc5nc4c3c21. The van der Waals surface area contributed by atoms with E-state index < -0.39 is 0 Å². The highest BCUT2D eigenvalue weighted by atomic mass is 16.1. The molecule has 0 amide bonds. The molecule has 6 aromatic rings. The van der Waals surface area contributed by atoms with E-state index in [1.807, 2.05) is 71.4 Å². The van der Waals surface area contributed by atoms with Crippen LogP contribution < -0.4 is 0 Å². The summed E-state index contributed by atoms with van der Waals surface area (Å²) in [5.74, 6) is 0.0111. The summed E-state index contributed by atoms with van der Waals surface area (Å²) < 4.78 is 3.96. The van der Waals surface area contributed by atoms with Crippen molar-refractivity contribution < 1.29 is 4.79 Å². The molecule has 1 aliphatic rings. The van der Waals surface area contributed by atoms with Crippen LogP contribution in [0.4, 0.5) is 0 Å². The zero-order valence-electron chi connectivity index (χ0n) is 15.8. The lowest BCUT2D eigenvalue weighted by atomic mass is 10.1. The lowest BCUT2D eigenvalue weighted by molar-refractivity contribution is 0.104. The minimum atomic E-state index is 0.0111. The predicted octanol–water partition coefficient (Wildman–Crippen LogP) is 5.01. The third-order valence-electron chi connectivity index (χ3n) is 5.89. The first-order valence-electron chi connectivity index (χ1n) is 9.83. The van der Waals surface area contributed by atoms with Gasteiger partial charge in [0.1, 0.15) is 11.2 Å². The molecule has 0 aliphatic heterocycles. The van der Waals surface area contributed by atoms with Gasteiger partial charge in [0.15, 0.2) is 11.4 Å². The quantitative estimate of drug-likeness (QED) is 0.398. The third-order valence-corrected chi connectivity index (χ3v) is 5.89. The first-order chi connectivity index (χ1) is 14.8. The van der Waals surface area contributed by atoms with Crippen molar-refractivity contribution in [2.75, 3.05) is 0 Å². The van der Waals surface area contributed by atoms with Crippen LogP contribution in [0.2, 0.25) is 0 Å². The molecular formula is C25H14N4O. The lowest BCUT2D eigenvalue weighted by Gasteiger charge is -2.09. The fourth-order valence-corrected chi connectivity index (χ4v) is 4.58. The Morgan fingerprint density at radius 2 is 1.50 bits per heavy atom. The van der Waals surface area contributed by atoms with Gasteiger partial charge in [0.05, 0.1) is 28.5 Å². The van der Waals surface area contributed by atoms with Crippen molar-refractivity contribution in [3.8, 4) is 22.5 Å². The third kappa shape index (κ3) is 1.84. The summed E-state index contributed by atoms with van der Waals surface area (Å²) in [5, 5.41) is 4.83. The maximum atomic E-state index is 13.3. The summed E-state index contributed by atoms with van der Waals surface area (Å²) >= 11 is 0. The fourth-order valence-electron chi connectivity index (χ4n) is 4.58. The Labute approximate surface area is 170 Å². The van der Waals surface area contributed by atoms with E-state index in [2.05, 4.69) is 22.6 Å². The highest BCUT2D eigenvalue weighted by Gasteiger charge is 2.33. The molecule has 5 heteroatoms. The number of hydrogen-bond acceptors (Lipinski definition) is 3. The second-order valence-electron chi connectivity index (χ2n) is 7.53. The molecule has 3 aromatic carbocycles. The monoisotopic (exact) mass is 386 g/mol. The maximum Gasteiger partial charge on any atom is 0.198 e. The van der Waals surface area contributed by atoms with Crippen LogP contribution in [0.1, 0.15) is 15.9 Å². The van der Waals surface area contributed by atoms with E-state index in [0.29, 0.717) is 11.1 Å². The zero-order valence-corrected chi connectivity index (χ0v) is 15.8. The van der Waals surface area contributed by atoms with Crippen LogP contribution in [0.25, 0.3) is 44.7 Å². The molecule has 0 bridgehead atoms. The fraction of sp³-hybridized carbons (Fsp3) is 0. The summed E-state index contributed by atoms with van der Waals surface area (Å²) in [5.41, 5.74) is 8.40. The van der Waals surface area contributed by atoms with E-state index >= 15 is 0 Å². The van der Waals surface area contributed by atoms with Gasteiger partial charge in [-0.1, -0.05) is 66.7 Å². The van der Waals surface area contributed by atoms with Crippen molar-refractivity contribution in [1.29, 1.82) is 0 Å². The van der Waals surface area contributed by atoms with E-state index in [0.717, 1.165) is 44.7 Å². The highest BCUT2D eigenvalue weighted by Crippen LogP contribution is 2.40. The van der Waals surface area contributed by atoms with Crippen molar-refractivity contribution in [2.24, 2.45) is 0 Å². The van der Waals surface area contributed by atoms with Crippen LogP contribution in [-0.4, -0.2) is 24.8 Å². The molecule has 0 fully saturated rings. The summed E-state index contributed by atoms with van der Waals surface area (Å²) in [4.78, 5) is 18.2. The van der Waals surface area contributed by atoms with Crippen LogP contribution in [0, 0.1) is 0 Å². The Hall–Kier alpha value is -4.25. The van der Waals surface area contributed by atoms with Crippen molar-refractivity contribution in [3.63, 3.8) is 0 Å². The molecule has 3 aromatic heterocycles. The molecule has 7 rings (SSSR count). The minimum Gasteiger partial charge on any atom is -0.289 e. The van der Waals surface area contributed by atoms with E-state index in [4.69, 9.17) is 10.1 Å². The number of ketones is 1. The Morgan fingerprint density at radius 1 is 0.767 bits per heavy atom. The number of fused-ring (bicyclic) bond motifs is 9. The second kappa shape index (κ2) is 5.42. The smallest absolute Gasteiger partial charge is 0.198 e. The number of rotatable bonds is 1. The molecular weight excluding hydrogens is 372 g/mol. The van der Waals surface area contributed by atoms with Crippen LogP contribution in [0.15, 0.2) is 85.1 Å². The number of para-hydroxylation sites is 2. The van der Waals surface area contributed by atoms with Crippen LogP contribution in [-0.2, 0) is 0 Å². The molecule has 140 valence electrons. The minimum absolute atomic E-state index is 0.0111. The van der Waals surface area contributed by atoms with E-state index in [1.165, 1.54) is 0 Å². The Bertz CT molecular complexity index is 1660. The average molecular weight is 386 g/mol. The molecule has 0 atom stereocenters. The van der Waals surface area contributed by atoms with Crippen molar-refractivity contribution >= 4 is 28.0 Å². The number of hydrogen-bond donors (Lipinski definition) is 0. The largest absolute Gasteiger partial charge is 0.289 e. The first-order valence-corrected chi connectivity index (χ1v) is 9.83. The van der Waals surface area contributed by atoms with E-state index in [9.17, 15) is 4.79 Å². The number of imidazole rings is 1. The highest BCUT2D eigenvalue weighted by molar-refractivity contribution is 6.26. The Balaban J connectivity index is 1.71. The van der Waals surface area contributed by atoms with Crippen molar-refractivity contribution in [2.45, 2.75) is 0 Å². The summed E-state index contributed by atoms with van der Waals surface area (Å²) in [7, 11) is 0. The van der Waals surface area contributed by atoms with Crippen LogP contribution in [0.5, 0.6) is 0 Å². The standard InChI is InChI=1S/C25H14N4O/c30-24-17-11-5-4-10-16(17)22-21(24)23-25-26-18-12-6-7-13-19(18)29(25)20(14-28(23)27-22)15-8-2-1-3-9-15/h1-14H. The molecule has 0 unspecified atom stereocenters. The number of carbonyl (C=O) groups excluding carboxylic acids is 1. The molecule has 30 heavy (non-hydrogen) atoms. The second-order valence-corrected chi connectivity index (χ2v) is 7.53. The van der Waals surface area contributed by atoms with Gasteiger partial charge in [0.25, 0.3) is 0 Å². The van der Waals surface area contributed by atoms with Gasteiger partial charge in [-0.15, -0.1) is 0 Å². The zero-order chi connectivity index (χ0) is 19.8. The first kappa shape index (κ1) is 15.6. The van der Waals surface area contributed by atoms with Gasteiger partial charge < -0.3 is 0 Å². The summed E-state index contributed by atoms with van der Waals surface area (Å²) in [6, 6.07) is 25.9. The normalized spacial score (nSPS) is 12.7. The number of nitrogens with zero attached hydrogens (tertiary/aromatic N) is 4. The summed E-state index contributed by atoms with van der Waals surface area (Å²) in [6.07, 6.45) is 2.00. The molecule has 3 heterocycles. The van der Waals surface area contributed by atoms with Crippen molar-refractivity contribution in [3.05, 3.63) is 96.2 Å². The van der Waals surface area contributed by atoms with E-state index in [-0.39, 0.29) is 5.78 Å². The maximum absolute atomic E-state index is 13.3. The van der Waals surface area contributed by atoms with Gasteiger partial charge >= 0.3 is 0 Å². The molecule has 0 saturated heterocycles. The van der Waals surface area contributed by atoms with Gasteiger partial charge in [0.2, 0.25) is 0 Å². The molecule has 0 spiro atoms. The Morgan fingerprint density at radius 3 is 2.37 bits per heavy atom. The van der Waals surface area contributed by atoms with Gasteiger partial charge in [-0.25, -0.2) is 9.50 Å². The van der Waals surface area contributed by atoms with Crippen molar-refractivity contribution in [1.82, 2.24) is 19.0 Å². The summed E-state index contributed by atoms with van der Waals surface area (Å²) in [6.45, 7) is 0. The molecule has 0 saturated carbocycles. The van der Waals surface area contributed by atoms with Gasteiger partial charge in [-0.3, -0.25) is 9.20 Å². The topological polar surface area (TPSA) is 51.7 Å². The van der Waals surface area contributed by atoms with Gasteiger partial charge in [-0.05, 0) is 12.1 Å². The van der Waals surface area contributed by atoms with Crippen LogP contribution >= 0.6 is 0 Å². The predicted molar refractivity (Wildman–Crippen MR) is 116 cm³/mol. The van der Waals surface area contributed by atoms with Gasteiger partial charge in [-0.2, -0.15) is 5.10 Å². The van der Waals surface area contributed by atoms with Crippen LogP contribution in [0.3, 0.4) is 0 Å². The Kier molecular flexibility index (Phi) is 2.83. The lowest BCUT2D eigenvalue weighted by Crippen LogP contribution is -2.02. The number of aromatic nitrogens is 4. The van der Waals surface area contributed by atoms with E-state index in [1.54, 1.807) is 0 Å². The van der Waals surface area contributed by atoms with Gasteiger partial charge in [0, 0.05) is 16.7 Å². The molecule has 0 N–H and O–H groups in total. The number of benzene rings is 3. The average Bonchev–Trinajstić information content (AvgIpc) is 3.44. The number of carbonyl (C=O) groups is 1.